The summed E-state index contributed by atoms with van der Waals surface area (Å²) in [6, 6.07) is 10.7. The van der Waals surface area contributed by atoms with E-state index in [0.717, 1.165) is 23.2 Å². The summed E-state index contributed by atoms with van der Waals surface area (Å²) >= 11 is 0. The molecule has 0 fully saturated rings. The number of benzene rings is 2. The van der Waals surface area contributed by atoms with Gasteiger partial charge in [-0.25, -0.2) is 13.4 Å². The van der Waals surface area contributed by atoms with Crippen LogP contribution >= 0.6 is 0 Å². The minimum atomic E-state index is -4.76. The molecule has 0 aliphatic heterocycles. The van der Waals surface area contributed by atoms with Crippen molar-refractivity contribution in [1.29, 1.82) is 0 Å². The third-order valence-electron chi connectivity index (χ3n) is 4.58. The first-order valence-corrected chi connectivity index (χ1v) is 11.5. The van der Waals surface area contributed by atoms with Crippen molar-refractivity contribution in [2.45, 2.75) is 6.18 Å². The molecule has 2 heterocycles. The zero-order chi connectivity index (χ0) is 24.5. The summed E-state index contributed by atoms with van der Waals surface area (Å²) in [5.41, 5.74) is -0.314. The quantitative estimate of drug-likeness (QED) is 0.318. The number of hydrogen-bond acceptors (Lipinski definition) is 6. The lowest BCUT2D eigenvalue weighted by Gasteiger charge is -2.15. The standard InChI is InChI=1S/C21H17F3N6O3S/c1-34(32,33)30-16-8-13(21(22,23)24)7-15(9-16)28-20(31)17-3-2-6-25-19(17)27-14-5-4-12-11-26-29-18(12)10-14/h2-11,30H,1H3,(H,25,27)(H,26,29)(H,28,31). The number of carbonyl (C=O) groups is 1. The molecule has 9 nitrogen and oxygen atoms in total. The van der Waals surface area contributed by atoms with Crippen LogP contribution in [0.2, 0.25) is 0 Å². The molecule has 4 N–H and O–H groups in total. The summed E-state index contributed by atoms with van der Waals surface area (Å²) in [7, 11) is -3.85. The van der Waals surface area contributed by atoms with Gasteiger partial charge in [0.25, 0.3) is 5.91 Å². The predicted octanol–water partition coefficient (Wildman–Crippen LogP) is 4.34. The molecule has 2 aromatic carbocycles. The number of amides is 1. The predicted molar refractivity (Wildman–Crippen MR) is 121 cm³/mol. The number of anilines is 4. The third-order valence-corrected chi connectivity index (χ3v) is 5.18. The van der Waals surface area contributed by atoms with Crippen molar-refractivity contribution in [3.05, 3.63) is 72.1 Å². The van der Waals surface area contributed by atoms with E-state index in [0.29, 0.717) is 17.8 Å². The van der Waals surface area contributed by atoms with Crippen molar-refractivity contribution in [3.63, 3.8) is 0 Å². The molecule has 0 saturated heterocycles. The smallest absolute Gasteiger partial charge is 0.340 e. The first-order valence-electron chi connectivity index (χ1n) is 9.64. The average Bonchev–Trinajstić information content (AvgIpc) is 3.20. The van der Waals surface area contributed by atoms with E-state index in [4.69, 9.17) is 0 Å². The maximum absolute atomic E-state index is 13.3. The number of aromatic nitrogens is 3. The summed E-state index contributed by atoms with van der Waals surface area (Å²) in [6.07, 6.45) is -0.853. The van der Waals surface area contributed by atoms with E-state index in [-0.39, 0.29) is 22.8 Å². The number of rotatable bonds is 6. The fourth-order valence-electron chi connectivity index (χ4n) is 3.17. The minimum absolute atomic E-state index is 0.0576. The summed E-state index contributed by atoms with van der Waals surface area (Å²) in [5.74, 6) is -0.580. The van der Waals surface area contributed by atoms with E-state index in [9.17, 15) is 26.4 Å². The van der Waals surface area contributed by atoms with Gasteiger partial charge < -0.3 is 10.6 Å². The Hall–Kier alpha value is -4.13. The number of carbonyl (C=O) groups excluding carboxylic acids is 1. The van der Waals surface area contributed by atoms with Crippen molar-refractivity contribution in [1.82, 2.24) is 15.2 Å². The zero-order valence-corrected chi connectivity index (χ0v) is 18.3. The Morgan fingerprint density at radius 2 is 1.79 bits per heavy atom. The van der Waals surface area contributed by atoms with Crippen molar-refractivity contribution in [2.75, 3.05) is 21.6 Å². The number of fused-ring (bicyclic) bond motifs is 1. The van der Waals surface area contributed by atoms with Crippen LogP contribution in [0.25, 0.3) is 10.9 Å². The average molecular weight is 490 g/mol. The molecule has 0 atom stereocenters. The third kappa shape index (κ3) is 5.43. The molecule has 0 bridgehead atoms. The van der Waals surface area contributed by atoms with Crippen LogP contribution in [0, 0.1) is 0 Å². The molecule has 13 heteroatoms. The van der Waals surface area contributed by atoms with Gasteiger partial charge >= 0.3 is 6.18 Å². The summed E-state index contributed by atoms with van der Waals surface area (Å²) in [5, 5.41) is 13.0. The van der Waals surface area contributed by atoms with Crippen LogP contribution in [-0.4, -0.2) is 35.8 Å². The molecule has 0 unspecified atom stereocenters. The lowest BCUT2D eigenvalue weighted by atomic mass is 10.1. The van der Waals surface area contributed by atoms with Crippen molar-refractivity contribution in [2.24, 2.45) is 0 Å². The van der Waals surface area contributed by atoms with Gasteiger partial charge in [-0.05, 0) is 48.5 Å². The second-order valence-electron chi connectivity index (χ2n) is 7.32. The van der Waals surface area contributed by atoms with Crippen LogP contribution < -0.4 is 15.4 Å². The first kappa shape index (κ1) is 23.0. The first-order chi connectivity index (χ1) is 16.0. The molecule has 0 radical (unpaired) electrons. The zero-order valence-electron chi connectivity index (χ0n) is 17.4. The van der Waals surface area contributed by atoms with Crippen molar-refractivity contribution in [3.8, 4) is 0 Å². The molecule has 34 heavy (non-hydrogen) atoms. The number of H-pyrrole nitrogens is 1. The normalized spacial score (nSPS) is 11.9. The van der Waals surface area contributed by atoms with Gasteiger partial charge in [0, 0.05) is 23.0 Å². The molecular formula is C21H17F3N6O3S. The Labute approximate surface area is 191 Å². The Morgan fingerprint density at radius 1 is 1.03 bits per heavy atom. The van der Waals surface area contributed by atoms with Gasteiger partial charge in [-0.1, -0.05) is 0 Å². The van der Waals surface area contributed by atoms with E-state index in [1.54, 1.807) is 18.3 Å². The number of halogens is 3. The summed E-state index contributed by atoms with van der Waals surface area (Å²) in [6.45, 7) is 0. The second kappa shape index (κ2) is 8.67. The van der Waals surface area contributed by atoms with Crippen LogP contribution in [0.5, 0.6) is 0 Å². The highest BCUT2D eigenvalue weighted by atomic mass is 32.2. The summed E-state index contributed by atoms with van der Waals surface area (Å²) in [4.78, 5) is 17.1. The SMILES string of the molecule is CS(=O)(=O)Nc1cc(NC(=O)c2cccnc2Nc2ccc3cn[nH]c3c2)cc(C(F)(F)F)c1. The molecule has 176 valence electrons. The van der Waals surface area contributed by atoms with Gasteiger partial charge in [-0.15, -0.1) is 0 Å². The van der Waals surface area contributed by atoms with Gasteiger partial charge in [0.05, 0.1) is 34.8 Å². The van der Waals surface area contributed by atoms with Crippen LogP contribution in [0.1, 0.15) is 15.9 Å². The molecule has 4 aromatic rings. The Balaban J connectivity index is 1.63. The number of alkyl halides is 3. The highest BCUT2D eigenvalue weighted by Crippen LogP contribution is 2.34. The Kier molecular flexibility index (Phi) is 5.87. The molecule has 0 saturated carbocycles. The highest BCUT2D eigenvalue weighted by Gasteiger charge is 2.31. The van der Waals surface area contributed by atoms with E-state index >= 15 is 0 Å². The fraction of sp³-hybridized carbons (Fsp3) is 0.0952. The largest absolute Gasteiger partial charge is 0.416 e. The van der Waals surface area contributed by atoms with E-state index in [1.165, 1.54) is 18.3 Å². The molecule has 2 aromatic heterocycles. The van der Waals surface area contributed by atoms with Crippen molar-refractivity contribution < 1.29 is 26.4 Å². The Morgan fingerprint density at radius 3 is 2.53 bits per heavy atom. The molecule has 0 spiro atoms. The van der Waals surface area contributed by atoms with E-state index in [1.807, 2.05) is 10.8 Å². The highest BCUT2D eigenvalue weighted by molar-refractivity contribution is 7.92. The van der Waals surface area contributed by atoms with Crippen LogP contribution in [0.3, 0.4) is 0 Å². The molecular weight excluding hydrogens is 473 g/mol. The fourth-order valence-corrected chi connectivity index (χ4v) is 3.72. The number of sulfonamides is 1. The van der Waals surface area contributed by atoms with Crippen LogP contribution in [-0.2, 0) is 16.2 Å². The number of nitrogens with one attached hydrogen (secondary N) is 4. The molecule has 4 rings (SSSR count). The number of hydrogen-bond donors (Lipinski definition) is 4. The van der Waals surface area contributed by atoms with Gasteiger partial charge in [0.1, 0.15) is 5.82 Å². The maximum atomic E-state index is 13.3. The van der Waals surface area contributed by atoms with Crippen LogP contribution in [0.4, 0.5) is 36.1 Å². The van der Waals surface area contributed by atoms with E-state index in [2.05, 4.69) is 25.8 Å². The molecule has 0 aliphatic rings. The summed E-state index contributed by atoms with van der Waals surface area (Å²) < 4.78 is 64.9. The lowest BCUT2D eigenvalue weighted by Crippen LogP contribution is -2.17. The van der Waals surface area contributed by atoms with Gasteiger partial charge in [-0.3, -0.25) is 14.6 Å². The van der Waals surface area contributed by atoms with E-state index < -0.39 is 27.7 Å². The molecule has 1 amide bonds. The minimum Gasteiger partial charge on any atom is -0.340 e. The second-order valence-corrected chi connectivity index (χ2v) is 9.07. The van der Waals surface area contributed by atoms with Gasteiger partial charge in [0.2, 0.25) is 10.0 Å². The van der Waals surface area contributed by atoms with Crippen LogP contribution in [0.15, 0.2) is 60.9 Å². The maximum Gasteiger partial charge on any atom is 0.416 e. The number of nitrogens with zero attached hydrogens (tertiary/aromatic N) is 2. The van der Waals surface area contributed by atoms with Gasteiger partial charge in [0.15, 0.2) is 0 Å². The number of aromatic amines is 1. The topological polar surface area (TPSA) is 129 Å². The van der Waals surface area contributed by atoms with Crippen molar-refractivity contribution >= 4 is 49.7 Å². The monoisotopic (exact) mass is 490 g/mol. The van der Waals surface area contributed by atoms with Gasteiger partial charge in [-0.2, -0.15) is 18.3 Å². The number of pyridine rings is 1. The Bertz CT molecular complexity index is 1480. The lowest BCUT2D eigenvalue weighted by molar-refractivity contribution is -0.137. The molecule has 0 aliphatic carbocycles.